The predicted octanol–water partition coefficient (Wildman–Crippen LogP) is 6.90. The number of aryl methyl sites for hydroxylation is 1. The smallest absolute Gasteiger partial charge is 0.192 e. The van der Waals surface area contributed by atoms with Crippen molar-refractivity contribution in [2.45, 2.75) is 64.8 Å². The molecular weight excluding hydrogens is 328 g/mol. The molecule has 2 aromatic rings. The zero-order valence-corrected chi connectivity index (χ0v) is 17.1. The fraction of sp³-hybridized carbons (Fsp3) is 0.556. The topological polar surface area (TPSA) is 9.23 Å². The van der Waals surface area contributed by atoms with Crippen LogP contribution in [0.2, 0.25) is 23.2 Å². The number of halogens is 1. The first kappa shape index (κ1) is 18.0. The van der Waals surface area contributed by atoms with Gasteiger partial charge in [-0.15, -0.1) is 11.3 Å². The van der Waals surface area contributed by atoms with E-state index < -0.39 is 8.32 Å². The monoisotopic (exact) mass is 354 g/mol. The predicted molar refractivity (Wildman–Crippen MR) is 103 cm³/mol. The molecule has 1 aromatic carbocycles. The number of hydrogen-bond donors (Lipinski definition) is 0. The third-order valence-corrected chi connectivity index (χ3v) is 11.1. The summed E-state index contributed by atoms with van der Waals surface area (Å²) in [7, 11) is -1.68. The molecule has 4 heteroatoms. The number of hydrogen-bond acceptors (Lipinski definition) is 2. The molecule has 0 aliphatic carbocycles. The molecule has 0 aliphatic rings. The second kappa shape index (κ2) is 6.64. The summed E-state index contributed by atoms with van der Waals surface area (Å²) in [5, 5.41) is 2.37. The van der Waals surface area contributed by atoms with E-state index in [1.807, 2.05) is 17.4 Å². The Morgan fingerprint density at radius 1 is 1.23 bits per heavy atom. The van der Waals surface area contributed by atoms with Gasteiger partial charge in [0, 0.05) is 21.1 Å². The summed E-state index contributed by atoms with van der Waals surface area (Å²) in [6, 6.07) is 8.37. The van der Waals surface area contributed by atoms with Gasteiger partial charge in [-0.05, 0) is 44.0 Å². The Kier molecular flexibility index (Phi) is 5.43. The van der Waals surface area contributed by atoms with Crippen molar-refractivity contribution < 1.29 is 4.43 Å². The number of benzene rings is 1. The zero-order chi connectivity index (χ0) is 16.5. The van der Waals surface area contributed by atoms with Gasteiger partial charge in [-0.1, -0.05) is 50.6 Å². The van der Waals surface area contributed by atoms with Crippen LogP contribution >= 0.6 is 22.9 Å². The summed E-state index contributed by atoms with van der Waals surface area (Å²) in [6.45, 7) is 13.7. The van der Waals surface area contributed by atoms with Crippen LogP contribution in [0.3, 0.4) is 0 Å². The van der Waals surface area contributed by atoms with E-state index in [1.165, 1.54) is 15.0 Å². The average molecular weight is 355 g/mol. The molecule has 1 nitrogen and oxygen atoms in total. The lowest BCUT2D eigenvalue weighted by Gasteiger charge is -2.38. The molecular formula is C18H27ClOSSi. The van der Waals surface area contributed by atoms with Crippen molar-refractivity contribution in [2.24, 2.45) is 0 Å². The highest BCUT2D eigenvalue weighted by Gasteiger charge is 2.38. The minimum Gasteiger partial charge on any atom is -0.414 e. The molecule has 0 unspecified atom stereocenters. The largest absolute Gasteiger partial charge is 0.414 e. The Balaban J connectivity index is 2.01. The van der Waals surface area contributed by atoms with Crippen LogP contribution in [0.5, 0.6) is 0 Å². The lowest BCUT2D eigenvalue weighted by atomic mass is 10.2. The molecule has 0 spiro atoms. The number of rotatable bonds is 5. The summed E-state index contributed by atoms with van der Waals surface area (Å²) >= 11 is 8.34. The van der Waals surface area contributed by atoms with Crippen molar-refractivity contribution in [1.29, 1.82) is 0 Å². The fourth-order valence-electron chi connectivity index (χ4n) is 2.30. The van der Waals surface area contributed by atoms with Gasteiger partial charge in [0.1, 0.15) is 0 Å². The van der Waals surface area contributed by atoms with Crippen LogP contribution in [0.25, 0.3) is 10.1 Å². The van der Waals surface area contributed by atoms with Gasteiger partial charge >= 0.3 is 0 Å². The van der Waals surface area contributed by atoms with E-state index in [9.17, 15) is 0 Å². The first-order chi connectivity index (χ1) is 10.1. The van der Waals surface area contributed by atoms with E-state index in [0.29, 0.717) is 0 Å². The van der Waals surface area contributed by atoms with E-state index >= 15 is 0 Å². The molecule has 0 fully saturated rings. The molecule has 0 bridgehead atoms. The molecule has 0 amide bonds. The summed E-state index contributed by atoms with van der Waals surface area (Å²) in [6.07, 6.45) is 2.30. The third kappa shape index (κ3) is 3.94. The van der Waals surface area contributed by atoms with Gasteiger partial charge < -0.3 is 4.43 Å². The van der Waals surface area contributed by atoms with E-state index in [4.69, 9.17) is 16.0 Å². The van der Waals surface area contributed by atoms with E-state index in [0.717, 1.165) is 17.9 Å². The lowest BCUT2D eigenvalue weighted by molar-refractivity contribution is 0.190. The summed E-state index contributed by atoms with van der Waals surface area (Å²) in [5.74, 6) is 0. The summed E-state index contributed by atoms with van der Waals surface area (Å²) < 4.78 is 7.72. The average Bonchev–Trinajstić information content (AvgIpc) is 2.72. The van der Waals surface area contributed by atoms with Gasteiger partial charge in [0.2, 0.25) is 0 Å². The lowest BCUT2D eigenvalue weighted by Crippen LogP contribution is -2.43. The van der Waals surface area contributed by atoms with Crippen molar-refractivity contribution in [3.63, 3.8) is 0 Å². The fourth-order valence-corrected chi connectivity index (χ4v) is 5.32. The molecule has 0 saturated carbocycles. The first-order valence-electron chi connectivity index (χ1n) is 7.95. The van der Waals surface area contributed by atoms with Crippen molar-refractivity contribution in [1.82, 2.24) is 0 Å². The molecule has 2 rings (SSSR count). The van der Waals surface area contributed by atoms with Crippen molar-refractivity contribution in [2.75, 3.05) is 0 Å². The Labute approximate surface area is 144 Å². The molecule has 22 heavy (non-hydrogen) atoms. The van der Waals surface area contributed by atoms with Gasteiger partial charge in [-0.2, -0.15) is 0 Å². The molecule has 1 atom stereocenters. The maximum Gasteiger partial charge on any atom is 0.192 e. The van der Waals surface area contributed by atoms with Gasteiger partial charge in [0.05, 0.1) is 5.02 Å². The maximum absolute atomic E-state index is 6.52. The first-order valence-corrected chi connectivity index (χ1v) is 12.1. The van der Waals surface area contributed by atoms with Crippen LogP contribution in [0.4, 0.5) is 0 Å². The van der Waals surface area contributed by atoms with Crippen molar-refractivity contribution in [3.8, 4) is 0 Å². The van der Waals surface area contributed by atoms with Crippen LogP contribution in [0, 0.1) is 0 Å². The number of thiophene rings is 1. The Bertz CT molecular complexity index is 642. The molecule has 1 heterocycles. The molecule has 0 aliphatic heterocycles. The molecule has 0 radical (unpaired) electrons. The molecule has 1 aromatic heterocycles. The second-order valence-corrected chi connectivity index (χ2v) is 13.8. The molecule has 0 saturated heterocycles. The van der Waals surface area contributed by atoms with Crippen LogP contribution < -0.4 is 0 Å². The second-order valence-electron chi connectivity index (χ2n) is 7.56. The van der Waals surface area contributed by atoms with E-state index in [-0.39, 0.29) is 11.1 Å². The maximum atomic E-state index is 6.52. The van der Waals surface area contributed by atoms with Crippen molar-refractivity contribution >= 4 is 41.3 Å². The highest BCUT2D eigenvalue weighted by Crippen LogP contribution is 2.39. The molecule has 122 valence electrons. The normalized spacial score (nSPS) is 14.5. The Hall–Kier alpha value is -0.353. The van der Waals surface area contributed by atoms with Gasteiger partial charge in [0.25, 0.3) is 0 Å². The van der Waals surface area contributed by atoms with Gasteiger partial charge in [-0.25, -0.2) is 0 Å². The van der Waals surface area contributed by atoms with Crippen LogP contribution in [-0.4, -0.2) is 14.4 Å². The van der Waals surface area contributed by atoms with E-state index in [2.05, 4.69) is 59.0 Å². The summed E-state index contributed by atoms with van der Waals surface area (Å²) in [4.78, 5) is 1.29. The Morgan fingerprint density at radius 2 is 1.86 bits per heavy atom. The highest BCUT2D eigenvalue weighted by molar-refractivity contribution is 7.19. The standard InChI is InChI=1S/C18H27ClOSSi/c1-13(20-22(5,6)18(2,3)4)11-12-16-17(19)14-9-7-8-10-15(14)21-16/h7-10,13H,11-12H2,1-6H3/t13-/m0/s1. The highest BCUT2D eigenvalue weighted by atomic mass is 35.5. The van der Waals surface area contributed by atoms with Crippen molar-refractivity contribution in [3.05, 3.63) is 34.2 Å². The molecule has 0 N–H and O–H groups in total. The SMILES string of the molecule is C[C@@H](CCc1sc2ccccc2c1Cl)O[Si](C)(C)C(C)(C)C. The minimum atomic E-state index is -1.68. The van der Waals surface area contributed by atoms with Crippen LogP contribution in [-0.2, 0) is 10.8 Å². The Morgan fingerprint density at radius 3 is 2.45 bits per heavy atom. The van der Waals surface area contributed by atoms with Crippen LogP contribution in [0.1, 0.15) is 39.0 Å². The third-order valence-electron chi connectivity index (χ3n) is 4.68. The van der Waals surface area contributed by atoms with Gasteiger partial charge in [0.15, 0.2) is 8.32 Å². The summed E-state index contributed by atoms with van der Waals surface area (Å²) in [5.41, 5.74) is 0. The van der Waals surface area contributed by atoms with Crippen LogP contribution in [0.15, 0.2) is 24.3 Å². The minimum absolute atomic E-state index is 0.260. The number of fused-ring (bicyclic) bond motifs is 1. The quantitative estimate of drug-likeness (QED) is 0.530. The van der Waals surface area contributed by atoms with E-state index in [1.54, 1.807) is 0 Å². The van der Waals surface area contributed by atoms with Gasteiger partial charge in [-0.3, -0.25) is 0 Å². The zero-order valence-electron chi connectivity index (χ0n) is 14.5.